The van der Waals surface area contributed by atoms with E-state index in [2.05, 4.69) is 10.3 Å². The number of ketones is 1. The number of aliphatic carboxylic acids is 2. The Hall–Kier alpha value is -5.03. The minimum Gasteiger partial charge on any atom is -0.497 e. The Balaban J connectivity index is 0.000000611. The van der Waals surface area contributed by atoms with Gasteiger partial charge in [0.1, 0.15) is 11.6 Å². The number of anilines is 1. The van der Waals surface area contributed by atoms with Crippen LogP contribution in [0, 0.1) is 5.41 Å². The number of ether oxygens (including phenoxy) is 1. The van der Waals surface area contributed by atoms with E-state index >= 15 is 0 Å². The zero-order valence-corrected chi connectivity index (χ0v) is 22.6. The van der Waals surface area contributed by atoms with E-state index in [1.165, 1.54) is 13.3 Å². The molecule has 0 atom stereocenters. The molecule has 0 saturated heterocycles. The molecule has 0 aliphatic carbocycles. The number of amides is 1. The van der Waals surface area contributed by atoms with Gasteiger partial charge < -0.3 is 25.2 Å². The summed E-state index contributed by atoms with van der Waals surface area (Å²) in [5.41, 5.74) is 2.37. The molecule has 2 aromatic carbocycles. The second kappa shape index (κ2) is 14.8. The zero-order valence-electron chi connectivity index (χ0n) is 21.8. The molecule has 3 rings (SSSR count). The number of carbonyl (C=O) groups excluding carboxylic acids is 2. The van der Waals surface area contributed by atoms with Gasteiger partial charge in [0, 0.05) is 54.8 Å². The van der Waals surface area contributed by atoms with Crippen molar-refractivity contribution in [2.24, 2.45) is 0 Å². The average Bonchev–Trinajstić information content (AvgIpc) is 2.93. The lowest BCUT2D eigenvalue weighted by atomic mass is 10.0. The van der Waals surface area contributed by atoms with Gasteiger partial charge in [-0.2, -0.15) is 0 Å². The maximum absolute atomic E-state index is 13.0. The Morgan fingerprint density at radius 1 is 0.975 bits per heavy atom. The van der Waals surface area contributed by atoms with E-state index < -0.39 is 11.9 Å². The largest absolute Gasteiger partial charge is 0.497 e. The molecule has 0 radical (unpaired) electrons. The first-order chi connectivity index (χ1) is 18.9. The van der Waals surface area contributed by atoms with Crippen LogP contribution in [0.4, 0.5) is 5.69 Å². The van der Waals surface area contributed by atoms with Gasteiger partial charge in [-0.3, -0.25) is 20.0 Å². The Morgan fingerprint density at radius 3 is 2.08 bits per heavy atom. The second-order valence-corrected chi connectivity index (χ2v) is 8.70. The number of hydrogen-bond acceptors (Lipinski definition) is 7. The van der Waals surface area contributed by atoms with Crippen LogP contribution >= 0.6 is 11.6 Å². The fraction of sp³-hybridized carbons (Fsp3) is 0.143. The van der Waals surface area contributed by atoms with Gasteiger partial charge in [-0.05, 0) is 42.5 Å². The molecule has 208 valence electrons. The van der Waals surface area contributed by atoms with E-state index in [-0.39, 0.29) is 18.1 Å². The number of carboxylic acids is 2. The van der Waals surface area contributed by atoms with Crippen LogP contribution in [-0.4, -0.2) is 70.8 Å². The third-order valence-electron chi connectivity index (χ3n) is 5.14. The predicted octanol–water partition coefficient (Wildman–Crippen LogP) is 4.02. The molecule has 1 heterocycles. The number of rotatable bonds is 9. The van der Waals surface area contributed by atoms with Crippen molar-refractivity contribution in [3.8, 4) is 5.75 Å². The SMILES string of the molecule is COc1ccc(NC(=O)c2ccc(C(=N)N(C)C)cc2)c(C(=O)Cc2ccc(Cl)cn2)c1.O=C(O)/C=C/C(=O)O. The van der Waals surface area contributed by atoms with Crippen LogP contribution in [0.15, 0.2) is 72.9 Å². The third-order valence-corrected chi connectivity index (χ3v) is 5.37. The second-order valence-electron chi connectivity index (χ2n) is 8.26. The van der Waals surface area contributed by atoms with Gasteiger partial charge in [0.15, 0.2) is 5.78 Å². The van der Waals surface area contributed by atoms with Gasteiger partial charge >= 0.3 is 11.9 Å². The molecule has 0 aliphatic heterocycles. The van der Waals surface area contributed by atoms with Gasteiger partial charge in [0.05, 0.1) is 24.2 Å². The highest BCUT2D eigenvalue weighted by Gasteiger charge is 2.17. The predicted molar refractivity (Wildman–Crippen MR) is 150 cm³/mol. The van der Waals surface area contributed by atoms with Gasteiger partial charge in [0.2, 0.25) is 0 Å². The molecule has 0 unspecified atom stereocenters. The minimum absolute atomic E-state index is 0.0501. The number of benzene rings is 2. The highest BCUT2D eigenvalue weighted by Crippen LogP contribution is 2.24. The minimum atomic E-state index is -1.26. The number of nitrogens with one attached hydrogen (secondary N) is 2. The third kappa shape index (κ3) is 9.69. The van der Waals surface area contributed by atoms with E-state index in [9.17, 15) is 19.2 Å². The number of carbonyl (C=O) groups is 4. The fourth-order valence-electron chi connectivity index (χ4n) is 3.14. The summed E-state index contributed by atoms with van der Waals surface area (Å²) in [6.45, 7) is 0. The summed E-state index contributed by atoms with van der Waals surface area (Å²) in [5.74, 6) is -2.25. The van der Waals surface area contributed by atoms with Gasteiger partial charge in [-0.1, -0.05) is 23.7 Å². The fourth-order valence-corrected chi connectivity index (χ4v) is 3.25. The summed E-state index contributed by atoms with van der Waals surface area (Å²) in [5, 5.41) is 26.9. The van der Waals surface area contributed by atoms with E-state index in [4.69, 9.17) is 32.0 Å². The molecule has 0 saturated carbocycles. The van der Waals surface area contributed by atoms with Crippen LogP contribution in [0.25, 0.3) is 0 Å². The standard InChI is InChI=1S/C24H23ClN4O3.C4H4O4/c1-29(2)23(26)15-4-6-16(7-5-15)24(31)28-21-11-10-19(32-3)13-20(21)22(30)12-18-9-8-17(25)14-27-18;5-3(6)1-2-4(7)8/h4-11,13-14,26H,12H2,1-3H3,(H,28,31);1-2H,(H,5,6)(H,7,8)/b;2-1+. The van der Waals surface area contributed by atoms with Crippen molar-refractivity contribution >= 4 is 46.8 Å². The maximum Gasteiger partial charge on any atom is 0.328 e. The lowest BCUT2D eigenvalue weighted by Gasteiger charge is -2.14. The summed E-state index contributed by atoms with van der Waals surface area (Å²) in [4.78, 5) is 50.7. The first-order valence-corrected chi connectivity index (χ1v) is 11.9. The summed E-state index contributed by atoms with van der Waals surface area (Å²) >= 11 is 5.86. The number of pyridine rings is 1. The first-order valence-electron chi connectivity index (χ1n) is 11.5. The molecule has 0 spiro atoms. The van der Waals surface area contributed by atoms with Crippen LogP contribution in [0.1, 0.15) is 32.0 Å². The molecular weight excluding hydrogens is 540 g/mol. The van der Waals surface area contributed by atoms with E-state index in [1.54, 1.807) is 73.6 Å². The van der Waals surface area contributed by atoms with Crippen molar-refractivity contribution in [2.45, 2.75) is 6.42 Å². The van der Waals surface area contributed by atoms with Crippen LogP contribution in [0.2, 0.25) is 5.02 Å². The number of carboxylic acid groups (broad SMARTS) is 2. The molecule has 12 heteroatoms. The Kier molecular flexibility index (Phi) is 11.5. The molecule has 0 fully saturated rings. The Labute approximate surface area is 235 Å². The van der Waals surface area contributed by atoms with Crippen LogP contribution in [0.5, 0.6) is 5.75 Å². The zero-order chi connectivity index (χ0) is 29.8. The van der Waals surface area contributed by atoms with E-state index in [0.29, 0.717) is 56.8 Å². The monoisotopic (exact) mass is 566 g/mol. The van der Waals surface area contributed by atoms with Gasteiger partial charge in [0.25, 0.3) is 5.91 Å². The molecular formula is C28H27ClN4O7. The molecule has 1 aromatic heterocycles. The summed E-state index contributed by atoms with van der Waals surface area (Å²) in [7, 11) is 5.07. The lowest BCUT2D eigenvalue weighted by Crippen LogP contribution is -2.22. The summed E-state index contributed by atoms with van der Waals surface area (Å²) in [6.07, 6.45) is 2.65. The lowest BCUT2D eigenvalue weighted by molar-refractivity contribution is -0.134. The number of amidine groups is 1. The highest BCUT2D eigenvalue weighted by molar-refractivity contribution is 6.30. The van der Waals surface area contributed by atoms with Crippen molar-refractivity contribution in [3.63, 3.8) is 0 Å². The van der Waals surface area contributed by atoms with Crippen molar-refractivity contribution in [2.75, 3.05) is 26.5 Å². The van der Waals surface area contributed by atoms with Crippen LogP contribution in [-0.2, 0) is 16.0 Å². The van der Waals surface area contributed by atoms with Gasteiger partial charge in [-0.25, -0.2) is 9.59 Å². The van der Waals surface area contributed by atoms with Gasteiger partial charge in [-0.15, -0.1) is 0 Å². The molecule has 3 aromatic rings. The topological polar surface area (TPSA) is 170 Å². The summed E-state index contributed by atoms with van der Waals surface area (Å²) < 4.78 is 5.25. The van der Waals surface area contributed by atoms with E-state index in [1.807, 2.05) is 0 Å². The maximum atomic E-state index is 13.0. The van der Waals surface area contributed by atoms with Crippen molar-refractivity contribution < 1.29 is 34.1 Å². The highest BCUT2D eigenvalue weighted by atomic mass is 35.5. The van der Waals surface area contributed by atoms with Crippen LogP contribution < -0.4 is 10.1 Å². The molecule has 4 N–H and O–H groups in total. The number of halogens is 1. The smallest absolute Gasteiger partial charge is 0.328 e. The summed E-state index contributed by atoms with van der Waals surface area (Å²) in [6, 6.07) is 15.0. The molecule has 11 nitrogen and oxygen atoms in total. The first kappa shape index (κ1) is 31.2. The number of nitrogens with zero attached hydrogens (tertiary/aromatic N) is 2. The van der Waals surface area contributed by atoms with E-state index in [0.717, 1.165) is 0 Å². The van der Waals surface area contributed by atoms with Crippen molar-refractivity contribution in [1.82, 2.24) is 9.88 Å². The van der Waals surface area contributed by atoms with Crippen molar-refractivity contribution in [3.05, 3.63) is 100 Å². The molecule has 40 heavy (non-hydrogen) atoms. The molecule has 1 amide bonds. The molecule has 0 bridgehead atoms. The molecule has 0 aliphatic rings. The Bertz CT molecular complexity index is 1400. The number of hydrogen-bond donors (Lipinski definition) is 4. The van der Waals surface area contributed by atoms with Crippen molar-refractivity contribution in [1.29, 1.82) is 5.41 Å². The Morgan fingerprint density at radius 2 is 1.57 bits per heavy atom. The number of Topliss-reactive ketones (excluding diaryl/α,β-unsaturated/α-hetero) is 1. The number of aromatic nitrogens is 1. The average molecular weight is 567 g/mol. The quantitative estimate of drug-likeness (QED) is 0.129. The van der Waals surface area contributed by atoms with Crippen LogP contribution in [0.3, 0.4) is 0 Å². The number of methoxy groups -OCH3 is 1. The normalized spacial score (nSPS) is 10.2.